The summed E-state index contributed by atoms with van der Waals surface area (Å²) in [6.07, 6.45) is 7.12. The van der Waals surface area contributed by atoms with Crippen molar-refractivity contribution in [1.29, 1.82) is 5.26 Å². The minimum Gasteiger partial charge on any atom is -0.393 e. The number of pyridine rings is 1. The van der Waals surface area contributed by atoms with Crippen molar-refractivity contribution < 1.29 is 5.11 Å². The number of hydrogen-bond donors (Lipinski definition) is 1. The van der Waals surface area contributed by atoms with Crippen LogP contribution in [0, 0.1) is 11.3 Å². The smallest absolute Gasteiger partial charge is 0.101 e. The molecule has 4 heteroatoms. The second-order valence-electron chi connectivity index (χ2n) is 4.92. The third kappa shape index (κ3) is 1.67. The average molecular weight is 229 g/mol. The van der Waals surface area contributed by atoms with Crippen molar-refractivity contribution in [1.82, 2.24) is 4.98 Å². The molecule has 88 valence electrons. The zero-order valence-corrected chi connectivity index (χ0v) is 9.58. The Kier molecular flexibility index (Phi) is 2.49. The normalized spacial score (nSPS) is 31.3. The van der Waals surface area contributed by atoms with Crippen LogP contribution in [0.3, 0.4) is 0 Å². The standard InChI is InChI=1S/C13H15N3O/c14-7-9-3-4-15-8-13(9)16-10-1-2-11(16)6-12(17)5-10/h3-4,8,10-12,17H,1-2,5-6H2. The van der Waals surface area contributed by atoms with Crippen LogP contribution in [0.4, 0.5) is 5.69 Å². The molecule has 0 saturated carbocycles. The van der Waals surface area contributed by atoms with E-state index < -0.39 is 0 Å². The highest BCUT2D eigenvalue weighted by Crippen LogP contribution is 2.40. The third-order valence-electron chi connectivity index (χ3n) is 3.91. The Balaban J connectivity index is 1.98. The molecule has 0 aromatic carbocycles. The van der Waals surface area contributed by atoms with E-state index in [2.05, 4.69) is 16.0 Å². The van der Waals surface area contributed by atoms with Gasteiger partial charge in [0.15, 0.2) is 0 Å². The molecule has 17 heavy (non-hydrogen) atoms. The molecule has 1 N–H and O–H groups in total. The van der Waals surface area contributed by atoms with Gasteiger partial charge in [-0.25, -0.2) is 0 Å². The molecule has 1 aromatic rings. The SMILES string of the molecule is N#Cc1ccncc1N1C2CCC1CC(O)C2. The summed E-state index contributed by atoms with van der Waals surface area (Å²) in [7, 11) is 0. The molecule has 3 rings (SSSR count). The monoisotopic (exact) mass is 229 g/mol. The third-order valence-corrected chi connectivity index (χ3v) is 3.91. The summed E-state index contributed by atoms with van der Waals surface area (Å²) in [5.74, 6) is 0. The van der Waals surface area contributed by atoms with Gasteiger partial charge in [0.25, 0.3) is 0 Å². The van der Waals surface area contributed by atoms with Gasteiger partial charge in [-0.15, -0.1) is 0 Å². The van der Waals surface area contributed by atoms with Gasteiger partial charge in [-0.1, -0.05) is 0 Å². The quantitative estimate of drug-likeness (QED) is 0.791. The molecule has 0 radical (unpaired) electrons. The molecule has 3 heterocycles. The van der Waals surface area contributed by atoms with Crippen molar-refractivity contribution >= 4 is 5.69 Å². The Bertz CT molecular complexity index is 454. The average Bonchev–Trinajstić information content (AvgIpc) is 2.61. The van der Waals surface area contributed by atoms with Crippen molar-refractivity contribution in [3.63, 3.8) is 0 Å². The van der Waals surface area contributed by atoms with Crippen molar-refractivity contribution in [3.8, 4) is 6.07 Å². The maximum atomic E-state index is 9.77. The summed E-state index contributed by atoms with van der Waals surface area (Å²) in [4.78, 5) is 6.43. The molecule has 2 atom stereocenters. The maximum absolute atomic E-state index is 9.77. The Morgan fingerprint density at radius 1 is 1.35 bits per heavy atom. The summed E-state index contributed by atoms with van der Waals surface area (Å²) in [5, 5.41) is 18.9. The number of aliphatic hydroxyl groups excluding tert-OH is 1. The number of rotatable bonds is 1. The van der Waals surface area contributed by atoms with E-state index >= 15 is 0 Å². The van der Waals surface area contributed by atoms with Crippen LogP contribution in [0.2, 0.25) is 0 Å². The largest absolute Gasteiger partial charge is 0.393 e. The molecular weight excluding hydrogens is 214 g/mol. The fraction of sp³-hybridized carbons (Fsp3) is 0.538. The van der Waals surface area contributed by atoms with Gasteiger partial charge in [0.2, 0.25) is 0 Å². The van der Waals surface area contributed by atoms with E-state index in [4.69, 9.17) is 5.26 Å². The lowest BCUT2D eigenvalue weighted by Crippen LogP contribution is -2.45. The van der Waals surface area contributed by atoms with Crippen LogP contribution in [0.15, 0.2) is 18.5 Å². The van der Waals surface area contributed by atoms with Crippen LogP contribution >= 0.6 is 0 Å². The summed E-state index contributed by atoms with van der Waals surface area (Å²) in [6, 6.07) is 4.74. The van der Waals surface area contributed by atoms with Crippen LogP contribution in [-0.2, 0) is 0 Å². The number of fused-ring (bicyclic) bond motifs is 2. The Hall–Kier alpha value is -1.60. The molecule has 0 aliphatic carbocycles. The highest BCUT2D eigenvalue weighted by Gasteiger charge is 2.40. The Labute approximate surface area is 101 Å². The predicted molar refractivity (Wildman–Crippen MR) is 63.5 cm³/mol. The summed E-state index contributed by atoms with van der Waals surface area (Å²) in [5.41, 5.74) is 1.63. The molecule has 2 saturated heterocycles. The van der Waals surface area contributed by atoms with E-state index in [0.29, 0.717) is 17.6 Å². The van der Waals surface area contributed by atoms with E-state index in [1.54, 1.807) is 18.5 Å². The van der Waals surface area contributed by atoms with Gasteiger partial charge in [0.1, 0.15) is 6.07 Å². The van der Waals surface area contributed by atoms with Crippen LogP contribution in [0.1, 0.15) is 31.2 Å². The van der Waals surface area contributed by atoms with Gasteiger partial charge < -0.3 is 10.0 Å². The molecule has 2 aliphatic heterocycles. The van der Waals surface area contributed by atoms with Gasteiger partial charge in [-0.2, -0.15) is 5.26 Å². The number of hydrogen-bond acceptors (Lipinski definition) is 4. The second kappa shape index (κ2) is 4.01. The molecule has 2 fully saturated rings. The van der Waals surface area contributed by atoms with Crippen molar-refractivity contribution in [2.75, 3.05) is 4.90 Å². The minimum atomic E-state index is -0.175. The van der Waals surface area contributed by atoms with E-state index in [0.717, 1.165) is 31.4 Å². The Morgan fingerprint density at radius 2 is 2.06 bits per heavy atom. The number of piperidine rings is 1. The lowest BCUT2D eigenvalue weighted by atomic mass is 9.98. The fourth-order valence-corrected chi connectivity index (χ4v) is 3.23. The number of aliphatic hydroxyl groups is 1. The summed E-state index contributed by atoms with van der Waals surface area (Å²) >= 11 is 0. The van der Waals surface area contributed by atoms with E-state index in [1.807, 2.05) is 0 Å². The van der Waals surface area contributed by atoms with Crippen LogP contribution in [-0.4, -0.2) is 28.3 Å². The first-order chi connectivity index (χ1) is 8.29. The number of anilines is 1. The first-order valence-corrected chi connectivity index (χ1v) is 6.10. The predicted octanol–water partition coefficient (Wildman–Crippen LogP) is 1.45. The first-order valence-electron chi connectivity index (χ1n) is 6.10. The molecule has 1 aromatic heterocycles. The van der Waals surface area contributed by atoms with Crippen molar-refractivity contribution in [2.24, 2.45) is 0 Å². The molecule has 0 spiro atoms. The van der Waals surface area contributed by atoms with Gasteiger partial charge in [-0.05, 0) is 31.7 Å². The highest BCUT2D eigenvalue weighted by molar-refractivity contribution is 5.60. The molecule has 2 aliphatic rings. The van der Waals surface area contributed by atoms with Crippen molar-refractivity contribution in [3.05, 3.63) is 24.0 Å². The van der Waals surface area contributed by atoms with E-state index in [9.17, 15) is 5.11 Å². The van der Waals surface area contributed by atoms with Crippen LogP contribution in [0.25, 0.3) is 0 Å². The van der Waals surface area contributed by atoms with Gasteiger partial charge in [0.05, 0.1) is 23.6 Å². The number of nitrogens with zero attached hydrogens (tertiary/aromatic N) is 3. The first kappa shape index (κ1) is 10.5. The second-order valence-corrected chi connectivity index (χ2v) is 4.92. The zero-order valence-electron chi connectivity index (χ0n) is 9.58. The van der Waals surface area contributed by atoms with Gasteiger partial charge >= 0.3 is 0 Å². The molecule has 2 unspecified atom stereocenters. The van der Waals surface area contributed by atoms with Crippen LogP contribution in [0.5, 0.6) is 0 Å². The van der Waals surface area contributed by atoms with Gasteiger partial charge in [-0.3, -0.25) is 4.98 Å². The van der Waals surface area contributed by atoms with E-state index in [1.165, 1.54) is 0 Å². The Morgan fingerprint density at radius 3 is 2.71 bits per heavy atom. The summed E-state index contributed by atoms with van der Waals surface area (Å²) < 4.78 is 0. The van der Waals surface area contributed by atoms with E-state index in [-0.39, 0.29) is 6.10 Å². The fourth-order valence-electron chi connectivity index (χ4n) is 3.23. The lowest BCUT2D eigenvalue weighted by molar-refractivity contribution is 0.126. The minimum absolute atomic E-state index is 0.175. The molecule has 2 bridgehead atoms. The topological polar surface area (TPSA) is 60.2 Å². The lowest BCUT2D eigenvalue weighted by Gasteiger charge is -2.39. The zero-order chi connectivity index (χ0) is 11.8. The maximum Gasteiger partial charge on any atom is 0.101 e. The molecule has 4 nitrogen and oxygen atoms in total. The number of aromatic nitrogens is 1. The molecule has 0 amide bonds. The number of nitriles is 1. The van der Waals surface area contributed by atoms with Crippen molar-refractivity contribution in [2.45, 2.75) is 43.9 Å². The van der Waals surface area contributed by atoms with Crippen LogP contribution < -0.4 is 4.90 Å². The highest BCUT2D eigenvalue weighted by atomic mass is 16.3. The molecular formula is C13H15N3O. The summed E-state index contributed by atoms with van der Waals surface area (Å²) in [6.45, 7) is 0. The van der Waals surface area contributed by atoms with Gasteiger partial charge in [0, 0.05) is 18.3 Å².